The van der Waals surface area contributed by atoms with Crippen LogP contribution in [0, 0.1) is 0 Å². The highest BCUT2D eigenvalue weighted by atomic mass is 28.3. The van der Waals surface area contributed by atoms with E-state index in [0.717, 1.165) is 17.2 Å². The number of aromatic nitrogens is 3. The van der Waals surface area contributed by atoms with Gasteiger partial charge in [-0.3, -0.25) is 24.2 Å². The number of nitrogen functional groups attached to an aromatic ring is 1. The standard InChI is InChI=1S/C29H36N6O8Si/c1-44(2,3)15-14-42-28(41)20(10-13-23(38)43-35-21(36)11-12-22(35)37)32-26(39)18-7-4-17(5-8-18)6-9-19-16-31-25-24(19)27(40)34-29(30)33-25/h4-5,7-8,16,20H,6,9-15H2,1-3H3,(H,32,39)(H4,30,31,33,34,40)/t20-/m1/s1. The van der Waals surface area contributed by atoms with Gasteiger partial charge in [-0.05, 0) is 48.6 Å². The van der Waals surface area contributed by atoms with Crippen molar-refractivity contribution < 1.29 is 33.5 Å². The van der Waals surface area contributed by atoms with Crippen LogP contribution in [-0.2, 0) is 41.6 Å². The normalized spacial score (nSPS) is 14.1. The van der Waals surface area contributed by atoms with Crippen molar-refractivity contribution in [2.75, 3.05) is 12.3 Å². The first-order chi connectivity index (χ1) is 20.8. The van der Waals surface area contributed by atoms with Gasteiger partial charge in [0.05, 0.1) is 18.4 Å². The number of benzene rings is 1. The second-order valence-electron chi connectivity index (χ2n) is 11.8. The lowest BCUT2D eigenvalue weighted by Gasteiger charge is -2.20. The number of nitrogens with one attached hydrogen (secondary N) is 3. The molecule has 0 aliphatic carbocycles. The predicted octanol–water partition coefficient (Wildman–Crippen LogP) is 1.99. The molecule has 234 valence electrons. The molecule has 5 N–H and O–H groups in total. The zero-order valence-electron chi connectivity index (χ0n) is 24.9. The number of carbonyl (C=O) groups is 5. The Morgan fingerprint density at radius 2 is 1.75 bits per heavy atom. The Hall–Kier alpha value is -4.79. The first-order valence-electron chi connectivity index (χ1n) is 14.3. The van der Waals surface area contributed by atoms with E-state index in [2.05, 4.69) is 39.9 Å². The van der Waals surface area contributed by atoms with Gasteiger partial charge in [0.25, 0.3) is 23.3 Å². The van der Waals surface area contributed by atoms with Gasteiger partial charge in [-0.15, -0.1) is 5.06 Å². The van der Waals surface area contributed by atoms with Gasteiger partial charge < -0.3 is 25.6 Å². The van der Waals surface area contributed by atoms with E-state index in [1.165, 1.54) is 0 Å². The molecule has 0 radical (unpaired) electrons. The van der Waals surface area contributed by atoms with Crippen LogP contribution < -0.4 is 16.6 Å². The Morgan fingerprint density at radius 1 is 1.07 bits per heavy atom. The molecular formula is C29H36N6O8Si. The van der Waals surface area contributed by atoms with Gasteiger partial charge in [-0.1, -0.05) is 31.8 Å². The third-order valence-electron chi connectivity index (χ3n) is 7.06. The largest absolute Gasteiger partial charge is 0.464 e. The van der Waals surface area contributed by atoms with Crippen LogP contribution in [0.2, 0.25) is 25.7 Å². The number of imide groups is 1. The van der Waals surface area contributed by atoms with Crippen molar-refractivity contribution in [3.8, 4) is 0 Å². The van der Waals surface area contributed by atoms with Crippen molar-refractivity contribution in [2.45, 2.75) is 70.3 Å². The average Bonchev–Trinajstić information content (AvgIpc) is 3.51. The Labute approximate surface area is 253 Å². The molecule has 0 unspecified atom stereocenters. The molecule has 1 fully saturated rings. The van der Waals surface area contributed by atoms with E-state index >= 15 is 0 Å². The predicted molar refractivity (Wildman–Crippen MR) is 162 cm³/mol. The lowest BCUT2D eigenvalue weighted by molar-refractivity contribution is -0.197. The Balaban J connectivity index is 1.37. The monoisotopic (exact) mass is 624 g/mol. The summed E-state index contributed by atoms with van der Waals surface area (Å²) in [7, 11) is -1.50. The topological polar surface area (TPSA) is 207 Å². The van der Waals surface area contributed by atoms with Gasteiger partial charge in [-0.2, -0.15) is 4.98 Å². The maximum atomic E-state index is 13.1. The molecule has 15 heteroatoms. The minimum atomic E-state index is -1.50. The van der Waals surface area contributed by atoms with Crippen molar-refractivity contribution in [2.24, 2.45) is 0 Å². The molecule has 3 amide bonds. The molecule has 0 saturated carbocycles. The van der Waals surface area contributed by atoms with E-state index in [9.17, 15) is 28.8 Å². The molecule has 44 heavy (non-hydrogen) atoms. The second-order valence-corrected chi connectivity index (χ2v) is 17.4. The Bertz CT molecular complexity index is 1610. The van der Waals surface area contributed by atoms with Crippen LogP contribution >= 0.6 is 0 Å². The Morgan fingerprint density at radius 3 is 2.41 bits per heavy atom. The van der Waals surface area contributed by atoms with E-state index in [0.29, 0.717) is 28.9 Å². The van der Waals surface area contributed by atoms with Crippen molar-refractivity contribution in [3.63, 3.8) is 0 Å². The zero-order chi connectivity index (χ0) is 32.0. The molecular weight excluding hydrogens is 588 g/mol. The minimum absolute atomic E-state index is 0.0295. The van der Waals surface area contributed by atoms with Crippen LogP contribution in [-0.4, -0.2) is 70.4 Å². The summed E-state index contributed by atoms with van der Waals surface area (Å²) in [5, 5.41) is 3.52. The lowest BCUT2D eigenvalue weighted by Crippen LogP contribution is -2.43. The maximum Gasteiger partial charge on any atom is 0.333 e. The summed E-state index contributed by atoms with van der Waals surface area (Å²) in [4.78, 5) is 88.6. The first kappa shape index (κ1) is 32.1. The third-order valence-corrected chi connectivity index (χ3v) is 8.77. The Kier molecular flexibility index (Phi) is 9.98. The van der Waals surface area contributed by atoms with Crippen LogP contribution in [0.3, 0.4) is 0 Å². The number of anilines is 1. The summed E-state index contributed by atoms with van der Waals surface area (Å²) in [5.41, 5.74) is 7.66. The fraction of sp³-hybridized carbons (Fsp3) is 0.414. The number of amides is 3. The number of hydroxylamine groups is 2. The number of H-pyrrole nitrogens is 2. The smallest absolute Gasteiger partial charge is 0.333 e. The summed E-state index contributed by atoms with van der Waals surface area (Å²) >= 11 is 0. The van der Waals surface area contributed by atoms with Gasteiger partial charge in [0.15, 0.2) is 0 Å². The number of hydrogen-bond donors (Lipinski definition) is 4. The number of ether oxygens (including phenoxy) is 1. The highest BCUT2D eigenvalue weighted by Gasteiger charge is 2.33. The number of aryl methyl sites for hydroxylation is 2. The molecule has 1 aliphatic heterocycles. The summed E-state index contributed by atoms with van der Waals surface area (Å²) in [6.07, 6.45) is 2.25. The van der Waals surface area contributed by atoms with Crippen LogP contribution in [0.1, 0.15) is 47.2 Å². The van der Waals surface area contributed by atoms with Gasteiger partial charge >= 0.3 is 11.9 Å². The molecule has 4 rings (SSSR count). The van der Waals surface area contributed by atoms with Crippen molar-refractivity contribution in [1.29, 1.82) is 0 Å². The van der Waals surface area contributed by atoms with E-state index < -0.39 is 43.8 Å². The van der Waals surface area contributed by atoms with Crippen LogP contribution in [0.5, 0.6) is 0 Å². The fourth-order valence-corrected chi connectivity index (χ4v) is 5.25. The van der Waals surface area contributed by atoms with Crippen molar-refractivity contribution in [3.05, 3.63) is 57.5 Å². The van der Waals surface area contributed by atoms with Crippen LogP contribution in [0.15, 0.2) is 35.3 Å². The number of nitrogens with zero attached hydrogens (tertiary/aromatic N) is 2. The summed E-state index contributed by atoms with van der Waals surface area (Å²) in [5.74, 6) is -3.32. The highest BCUT2D eigenvalue weighted by molar-refractivity contribution is 6.76. The molecule has 0 bridgehead atoms. The number of aromatic amines is 2. The molecule has 3 aromatic rings. The summed E-state index contributed by atoms with van der Waals surface area (Å²) in [6, 6.07) is 6.33. The van der Waals surface area contributed by atoms with E-state index in [1.54, 1.807) is 30.5 Å². The van der Waals surface area contributed by atoms with Gasteiger partial charge in [0.2, 0.25) is 5.95 Å². The highest BCUT2D eigenvalue weighted by Crippen LogP contribution is 2.17. The van der Waals surface area contributed by atoms with Gasteiger partial charge in [0, 0.05) is 32.7 Å². The number of carbonyl (C=O) groups excluding carboxylic acids is 5. The molecule has 1 aromatic carbocycles. The third kappa shape index (κ3) is 8.40. The van der Waals surface area contributed by atoms with Gasteiger partial charge in [0.1, 0.15) is 11.7 Å². The second kappa shape index (κ2) is 13.7. The molecule has 2 aromatic heterocycles. The molecule has 1 atom stereocenters. The van der Waals surface area contributed by atoms with Crippen LogP contribution in [0.25, 0.3) is 11.0 Å². The van der Waals surface area contributed by atoms with Gasteiger partial charge in [-0.25, -0.2) is 9.59 Å². The van der Waals surface area contributed by atoms with Crippen LogP contribution in [0.4, 0.5) is 5.95 Å². The molecule has 1 aliphatic rings. The minimum Gasteiger partial charge on any atom is -0.464 e. The fourth-order valence-electron chi connectivity index (χ4n) is 4.54. The summed E-state index contributed by atoms with van der Waals surface area (Å²) in [6.45, 7) is 6.58. The molecule has 0 spiro atoms. The number of esters is 1. The first-order valence-corrected chi connectivity index (χ1v) is 18.0. The average molecular weight is 625 g/mol. The molecule has 3 heterocycles. The quantitative estimate of drug-likeness (QED) is 0.124. The van der Waals surface area contributed by atoms with E-state index in [1.807, 2.05) is 0 Å². The number of nitrogens with two attached hydrogens (primary N) is 1. The summed E-state index contributed by atoms with van der Waals surface area (Å²) < 4.78 is 5.42. The van der Waals surface area contributed by atoms with Crippen molar-refractivity contribution >= 4 is 54.7 Å². The maximum absolute atomic E-state index is 13.1. The van der Waals surface area contributed by atoms with Crippen molar-refractivity contribution in [1.82, 2.24) is 25.3 Å². The number of rotatable bonds is 13. The SMILES string of the molecule is C[Si](C)(C)CCOC(=O)[C@@H](CCC(=O)ON1C(=O)CCC1=O)NC(=O)c1ccc(CCc2c[nH]c3nc(N)[nH]c(=O)c23)cc1. The van der Waals surface area contributed by atoms with E-state index in [4.69, 9.17) is 15.3 Å². The zero-order valence-corrected chi connectivity index (χ0v) is 25.9. The molecule has 1 saturated heterocycles. The lowest BCUT2D eigenvalue weighted by atomic mass is 10.0. The number of fused-ring (bicyclic) bond motifs is 1. The number of hydrogen-bond acceptors (Lipinski definition) is 10. The van der Waals surface area contributed by atoms with E-state index in [-0.39, 0.29) is 49.4 Å². The molecule has 14 nitrogen and oxygen atoms in total.